The van der Waals surface area contributed by atoms with Crippen molar-refractivity contribution < 1.29 is 4.74 Å². The second-order valence-electron chi connectivity index (χ2n) is 4.00. The SMILES string of the molecule is COc1ccc(C(C)Nc2cccnc2)cc1Br. The lowest BCUT2D eigenvalue weighted by molar-refractivity contribution is 0.412. The first-order valence-corrected chi connectivity index (χ1v) is 6.50. The molecule has 0 fully saturated rings. The lowest BCUT2D eigenvalue weighted by Crippen LogP contribution is -2.06. The second kappa shape index (κ2) is 5.87. The number of halogens is 1. The third-order valence-electron chi connectivity index (χ3n) is 2.72. The van der Waals surface area contributed by atoms with Gasteiger partial charge in [-0.3, -0.25) is 4.98 Å². The Labute approximate surface area is 115 Å². The normalized spacial score (nSPS) is 11.9. The van der Waals surface area contributed by atoms with Crippen LogP contribution in [0, 0.1) is 0 Å². The molecule has 0 saturated heterocycles. The van der Waals surface area contributed by atoms with Crippen molar-refractivity contribution in [3.8, 4) is 5.75 Å². The van der Waals surface area contributed by atoms with Gasteiger partial charge in [-0.1, -0.05) is 6.07 Å². The first kappa shape index (κ1) is 12.9. The molecule has 3 nitrogen and oxygen atoms in total. The average molecular weight is 307 g/mol. The van der Waals surface area contributed by atoms with E-state index in [1.54, 1.807) is 13.3 Å². The number of hydrogen-bond donors (Lipinski definition) is 1. The number of methoxy groups -OCH3 is 1. The van der Waals surface area contributed by atoms with Crippen molar-refractivity contribution in [3.63, 3.8) is 0 Å². The van der Waals surface area contributed by atoms with E-state index in [4.69, 9.17) is 4.74 Å². The van der Waals surface area contributed by atoms with Crippen LogP contribution in [0.4, 0.5) is 5.69 Å². The van der Waals surface area contributed by atoms with Crippen LogP contribution in [0.5, 0.6) is 5.75 Å². The van der Waals surface area contributed by atoms with Gasteiger partial charge in [0.25, 0.3) is 0 Å². The molecule has 4 heteroatoms. The van der Waals surface area contributed by atoms with E-state index in [-0.39, 0.29) is 6.04 Å². The molecule has 0 radical (unpaired) electrons. The number of ether oxygens (including phenoxy) is 1. The maximum absolute atomic E-state index is 5.22. The highest BCUT2D eigenvalue weighted by molar-refractivity contribution is 9.10. The Morgan fingerprint density at radius 1 is 1.33 bits per heavy atom. The topological polar surface area (TPSA) is 34.1 Å². The molecule has 1 heterocycles. The predicted octanol–water partition coefficient (Wildman–Crippen LogP) is 4.03. The molecule has 0 aliphatic rings. The summed E-state index contributed by atoms with van der Waals surface area (Å²) in [5, 5.41) is 3.40. The van der Waals surface area contributed by atoms with E-state index in [0.29, 0.717) is 0 Å². The highest BCUT2D eigenvalue weighted by Gasteiger charge is 2.08. The number of hydrogen-bond acceptors (Lipinski definition) is 3. The minimum Gasteiger partial charge on any atom is -0.496 e. The van der Waals surface area contributed by atoms with E-state index in [0.717, 1.165) is 15.9 Å². The second-order valence-corrected chi connectivity index (χ2v) is 4.86. The Kier molecular flexibility index (Phi) is 4.20. The van der Waals surface area contributed by atoms with E-state index < -0.39 is 0 Å². The minimum absolute atomic E-state index is 0.205. The van der Waals surface area contributed by atoms with Crippen molar-refractivity contribution in [3.05, 3.63) is 52.8 Å². The molecule has 0 spiro atoms. The number of nitrogens with zero attached hydrogens (tertiary/aromatic N) is 1. The molecule has 2 aromatic rings. The van der Waals surface area contributed by atoms with Crippen LogP contribution < -0.4 is 10.1 Å². The highest BCUT2D eigenvalue weighted by Crippen LogP contribution is 2.29. The van der Waals surface area contributed by atoms with E-state index in [1.807, 2.05) is 24.4 Å². The summed E-state index contributed by atoms with van der Waals surface area (Å²) in [6.07, 6.45) is 3.58. The molecule has 0 saturated carbocycles. The van der Waals surface area contributed by atoms with Crippen LogP contribution in [0.3, 0.4) is 0 Å². The summed E-state index contributed by atoms with van der Waals surface area (Å²) in [7, 11) is 1.66. The van der Waals surface area contributed by atoms with E-state index >= 15 is 0 Å². The molecule has 1 aromatic carbocycles. The zero-order valence-electron chi connectivity index (χ0n) is 10.4. The average Bonchev–Trinajstić information content (AvgIpc) is 2.39. The largest absolute Gasteiger partial charge is 0.496 e. The molecule has 18 heavy (non-hydrogen) atoms. The Bertz CT molecular complexity index is 516. The molecule has 0 bridgehead atoms. The lowest BCUT2D eigenvalue weighted by atomic mass is 10.1. The monoisotopic (exact) mass is 306 g/mol. The molecule has 1 aromatic heterocycles. The molecule has 1 unspecified atom stereocenters. The predicted molar refractivity (Wildman–Crippen MR) is 77.0 cm³/mol. The number of rotatable bonds is 4. The van der Waals surface area contributed by atoms with Gasteiger partial charge < -0.3 is 10.1 Å². The van der Waals surface area contributed by atoms with Crippen LogP contribution in [0.1, 0.15) is 18.5 Å². The van der Waals surface area contributed by atoms with Crippen molar-refractivity contribution in [2.24, 2.45) is 0 Å². The molecular formula is C14H15BrN2O. The van der Waals surface area contributed by atoms with Crippen LogP contribution in [-0.4, -0.2) is 12.1 Å². The Morgan fingerprint density at radius 3 is 2.78 bits per heavy atom. The number of anilines is 1. The summed E-state index contributed by atoms with van der Waals surface area (Å²) in [4.78, 5) is 4.08. The standard InChI is InChI=1S/C14H15BrN2O/c1-10(17-12-4-3-7-16-9-12)11-5-6-14(18-2)13(15)8-11/h3-10,17H,1-2H3. The number of nitrogens with one attached hydrogen (secondary N) is 1. The molecular weight excluding hydrogens is 292 g/mol. The van der Waals surface area contributed by atoms with Crippen LogP contribution in [0.2, 0.25) is 0 Å². The van der Waals surface area contributed by atoms with Crippen LogP contribution >= 0.6 is 15.9 Å². The summed E-state index contributed by atoms with van der Waals surface area (Å²) in [6, 6.07) is 10.2. The van der Waals surface area contributed by atoms with E-state index in [9.17, 15) is 0 Å². The molecule has 1 N–H and O–H groups in total. The smallest absolute Gasteiger partial charge is 0.133 e. The van der Waals surface area contributed by atoms with Gasteiger partial charge in [0.2, 0.25) is 0 Å². The first-order chi connectivity index (χ1) is 8.70. The Balaban J connectivity index is 2.14. The Hall–Kier alpha value is -1.55. The summed E-state index contributed by atoms with van der Waals surface area (Å²) in [5.74, 6) is 0.840. The summed E-state index contributed by atoms with van der Waals surface area (Å²) in [6.45, 7) is 2.11. The van der Waals surface area contributed by atoms with Crippen molar-refractivity contribution in [1.82, 2.24) is 4.98 Å². The first-order valence-electron chi connectivity index (χ1n) is 5.70. The fraction of sp³-hybridized carbons (Fsp3) is 0.214. The van der Waals surface area contributed by atoms with Gasteiger partial charge in [-0.15, -0.1) is 0 Å². The number of aromatic nitrogens is 1. The fourth-order valence-corrected chi connectivity index (χ4v) is 2.29. The van der Waals surface area contributed by atoms with Crippen molar-refractivity contribution in [2.45, 2.75) is 13.0 Å². The van der Waals surface area contributed by atoms with E-state index in [2.05, 4.69) is 45.3 Å². The minimum atomic E-state index is 0.205. The molecule has 1 atom stereocenters. The zero-order chi connectivity index (χ0) is 13.0. The maximum Gasteiger partial charge on any atom is 0.133 e. The number of pyridine rings is 1. The van der Waals surface area contributed by atoms with Gasteiger partial charge >= 0.3 is 0 Å². The number of benzene rings is 1. The van der Waals surface area contributed by atoms with Crippen molar-refractivity contribution in [2.75, 3.05) is 12.4 Å². The lowest BCUT2D eigenvalue weighted by Gasteiger charge is -2.16. The van der Waals surface area contributed by atoms with Gasteiger partial charge in [-0.25, -0.2) is 0 Å². The Morgan fingerprint density at radius 2 is 2.17 bits per heavy atom. The van der Waals surface area contributed by atoms with Crippen LogP contribution in [0.15, 0.2) is 47.2 Å². The molecule has 0 aliphatic heterocycles. The van der Waals surface area contributed by atoms with Crippen LogP contribution in [-0.2, 0) is 0 Å². The van der Waals surface area contributed by atoms with Gasteiger partial charge in [-0.05, 0) is 52.7 Å². The van der Waals surface area contributed by atoms with E-state index in [1.165, 1.54) is 5.56 Å². The summed E-state index contributed by atoms with van der Waals surface area (Å²) in [5.41, 5.74) is 2.20. The maximum atomic E-state index is 5.22. The highest BCUT2D eigenvalue weighted by atomic mass is 79.9. The summed E-state index contributed by atoms with van der Waals surface area (Å²) < 4.78 is 6.18. The van der Waals surface area contributed by atoms with Gasteiger partial charge in [0, 0.05) is 18.4 Å². The molecule has 2 rings (SSSR count). The van der Waals surface area contributed by atoms with Gasteiger partial charge in [0.1, 0.15) is 5.75 Å². The summed E-state index contributed by atoms with van der Waals surface area (Å²) >= 11 is 3.50. The third kappa shape index (κ3) is 3.01. The molecule has 0 aliphatic carbocycles. The van der Waals surface area contributed by atoms with Crippen molar-refractivity contribution >= 4 is 21.6 Å². The fourth-order valence-electron chi connectivity index (χ4n) is 1.73. The molecule has 0 amide bonds. The quantitative estimate of drug-likeness (QED) is 0.926. The third-order valence-corrected chi connectivity index (χ3v) is 3.34. The zero-order valence-corrected chi connectivity index (χ0v) is 11.9. The van der Waals surface area contributed by atoms with Crippen molar-refractivity contribution in [1.29, 1.82) is 0 Å². The van der Waals surface area contributed by atoms with Gasteiger partial charge in [-0.2, -0.15) is 0 Å². The molecule has 94 valence electrons. The van der Waals surface area contributed by atoms with Gasteiger partial charge in [0.05, 0.1) is 17.3 Å². The van der Waals surface area contributed by atoms with Crippen LogP contribution in [0.25, 0.3) is 0 Å². The van der Waals surface area contributed by atoms with Gasteiger partial charge in [0.15, 0.2) is 0 Å².